The van der Waals surface area contributed by atoms with E-state index in [2.05, 4.69) is 11.9 Å². The SMILES string of the molecule is CN(CC=O)C1CCCCCC1. The molecule has 12 heavy (non-hydrogen) atoms. The van der Waals surface area contributed by atoms with Gasteiger partial charge < -0.3 is 4.79 Å². The topological polar surface area (TPSA) is 20.3 Å². The van der Waals surface area contributed by atoms with Crippen molar-refractivity contribution in [1.82, 2.24) is 4.90 Å². The standard InChI is InChI=1S/C10H19NO/c1-11(8-9-12)10-6-4-2-3-5-7-10/h9-10H,2-8H2,1H3. The van der Waals surface area contributed by atoms with Crippen molar-refractivity contribution in [3.8, 4) is 0 Å². The summed E-state index contributed by atoms with van der Waals surface area (Å²) in [6.45, 7) is 0.602. The zero-order chi connectivity index (χ0) is 8.81. The molecule has 1 saturated carbocycles. The molecule has 0 aromatic carbocycles. The summed E-state index contributed by atoms with van der Waals surface area (Å²) < 4.78 is 0. The molecule has 0 amide bonds. The van der Waals surface area contributed by atoms with Gasteiger partial charge in [0.1, 0.15) is 6.29 Å². The highest BCUT2D eigenvalue weighted by Gasteiger charge is 2.15. The maximum Gasteiger partial charge on any atom is 0.133 e. The number of aldehydes is 1. The van der Waals surface area contributed by atoms with E-state index in [0.29, 0.717) is 12.6 Å². The van der Waals surface area contributed by atoms with Crippen molar-refractivity contribution in [1.29, 1.82) is 0 Å². The van der Waals surface area contributed by atoms with Gasteiger partial charge in [-0.25, -0.2) is 0 Å². The Labute approximate surface area is 74.9 Å². The highest BCUT2D eigenvalue weighted by Crippen LogP contribution is 2.20. The van der Waals surface area contributed by atoms with Crippen LogP contribution in [0.4, 0.5) is 0 Å². The van der Waals surface area contributed by atoms with Gasteiger partial charge in [0.2, 0.25) is 0 Å². The molecule has 1 rings (SSSR count). The first-order valence-corrected chi connectivity index (χ1v) is 4.98. The van der Waals surface area contributed by atoms with Gasteiger partial charge in [0, 0.05) is 6.04 Å². The second kappa shape index (κ2) is 5.31. The van der Waals surface area contributed by atoms with Crippen LogP contribution in [0.2, 0.25) is 0 Å². The number of hydrogen-bond acceptors (Lipinski definition) is 2. The van der Waals surface area contributed by atoms with Crippen molar-refractivity contribution >= 4 is 6.29 Å². The van der Waals surface area contributed by atoms with Crippen LogP contribution in [-0.2, 0) is 4.79 Å². The van der Waals surface area contributed by atoms with Crippen molar-refractivity contribution in [2.45, 2.75) is 44.6 Å². The van der Waals surface area contributed by atoms with Crippen molar-refractivity contribution in [2.24, 2.45) is 0 Å². The van der Waals surface area contributed by atoms with E-state index in [1.807, 2.05) is 0 Å². The number of hydrogen-bond donors (Lipinski definition) is 0. The summed E-state index contributed by atoms with van der Waals surface area (Å²) in [6, 6.07) is 0.665. The Kier molecular flexibility index (Phi) is 4.30. The molecule has 1 aliphatic carbocycles. The molecular weight excluding hydrogens is 150 g/mol. The van der Waals surface area contributed by atoms with E-state index < -0.39 is 0 Å². The third-order valence-electron chi connectivity index (χ3n) is 2.81. The lowest BCUT2D eigenvalue weighted by molar-refractivity contribution is -0.109. The Balaban J connectivity index is 2.31. The van der Waals surface area contributed by atoms with Crippen molar-refractivity contribution in [3.05, 3.63) is 0 Å². The van der Waals surface area contributed by atoms with Crippen LogP contribution in [0.5, 0.6) is 0 Å². The molecule has 2 heteroatoms. The quantitative estimate of drug-likeness (QED) is 0.474. The summed E-state index contributed by atoms with van der Waals surface area (Å²) in [6.07, 6.45) is 9.01. The van der Waals surface area contributed by atoms with Gasteiger partial charge in [0.05, 0.1) is 6.54 Å². The predicted octanol–water partition coefficient (Wildman–Crippen LogP) is 1.84. The fourth-order valence-corrected chi connectivity index (χ4v) is 1.97. The van der Waals surface area contributed by atoms with Gasteiger partial charge in [-0.05, 0) is 19.9 Å². The fraction of sp³-hybridized carbons (Fsp3) is 0.900. The monoisotopic (exact) mass is 169 g/mol. The minimum atomic E-state index is 0.602. The van der Waals surface area contributed by atoms with Crippen molar-refractivity contribution in [2.75, 3.05) is 13.6 Å². The van der Waals surface area contributed by atoms with E-state index in [4.69, 9.17) is 0 Å². The molecule has 1 aliphatic rings. The zero-order valence-corrected chi connectivity index (χ0v) is 7.96. The number of rotatable bonds is 3. The third kappa shape index (κ3) is 2.94. The Morgan fingerprint density at radius 3 is 2.33 bits per heavy atom. The largest absolute Gasteiger partial charge is 0.302 e. The van der Waals surface area contributed by atoms with E-state index in [1.54, 1.807) is 0 Å². The summed E-state index contributed by atoms with van der Waals surface area (Å²) in [4.78, 5) is 12.5. The second-order valence-corrected chi connectivity index (χ2v) is 3.75. The first-order chi connectivity index (χ1) is 5.84. The second-order valence-electron chi connectivity index (χ2n) is 3.75. The average Bonchev–Trinajstić information content (AvgIpc) is 2.32. The van der Waals surface area contributed by atoms with Crippen molar-refractivity contribution < 1.29 is 4.79 Å². The van der Waals surface area contributed by atoms with Gasteiger partial charge in [-0.15, -0.1) is 0 Å². The predicted molar refractivity (Wildman–Crippen MR) is 50.2 cm³/mol. The Bertz CT molecular complexity index is 128. The van der Waals surface area contributed by atoms with E-state index in [-0.39, 0.29) is 0 Å². The molecule has 0 aliphatic heterocycles. The van der Waals surface area contributed by atoms with E-state index in [9.17, 15) is 4.79 Å². The molecule has 0 radical (unpaired) electrons. The summed E-state index contributed by atoms with van der Waals surface area (Å²) in [5, 5.41) is 0. The van der Waals surface area contributed by atoms with Crippen LogP contribution in [0.3, 0.4) is 0 Å². The van der Waals surface area contributed by atoms with Crippen LogP contribution in [0.15, 0.2) is 0 Å². The molecule has 0 aromatic heterocycles. The fourth-order valence-electron chi connectivity index (χ4n) is 1.97. The van der Waals surface area contributed by atoms with E-state index >= 15 is 0 Å². The molecular formula is C10H19NO. The van der Waals surface area contributed by atoms with Crippen LogP contribution in [-0.4, -0.2) is 30.8 Å². The molecule has 0 bridgehead atoms. The first-order valence-electron chi connectivity index (χ1n) is 4.98. The number of nitrogens with zero attached hydrogens (tertiary/aromatic N) is 1. The van der Waals surface area contributed by atoms with Crippen LogP contribution in [0.25, 0.3) is 0 Å². The molecule has 70 valence electrons. The van der Waals surface area contributed by atoms with Crippen LogP contribution in [0, 0.1) is 0 Å². The molecule has 0 atom stereocenters. The summed E-state index contributed by atoms with van der Waals surface area (Å²) >= 11 is 0. The summed E-state index contributed by atoms with van der Waals surface area (Å²) in [5.41, 5.74) is 0. The Morgan fingerprint density at radius 1 is 1.25 bits per heavy atom. The van der Waals surface area contributed by atoms with E-state index in [0.717, 1.165) is 6.29 Å². The number of carbonyl (C=O) groups is 1. The molecule has 0 heterocycles. The lowest BCUT2D eigenvalue weighted by Crippen LogP contribution is -2.32. The smallest absolute Gasteiger partial charge is 0.133 e. The maximum absolute atomic E-state index is 10.3. The average molecular weight is 169 g/mol. The Morgan fingerprint density at radius 2 is 1.83 bits per heavy atom. The number of likely N-dealkylation sites (N-methyl/N-ethyl adjacent to an activating group) is 1. The van der Waals surface area contributed by atoms with Gasteiger partial charge in [-0.1, -0.05) is 25.7 Å². The van der Waals surface area contributed by atoms with Crippen LogP contribution >= 0.6 is 0 Å². The molecule has 0 aromatic rings. The minimum Gasteiger partial charge on any atom is -0.302 e. The maximum atomic E-state index is 10.3. The summed E-state index contributed by atoms with van der Waals surface area (Å²) in [5.74, 6) is 0. The summed E-state index contributed by atoms with van der Waals surface area (Å²) in [7, 11) is 2.06. The molecule has 0 unspecified atom stereocenters. The Hall–Kier alpha value is -0.370. The highest BCUT2D eigenvalue weighted by molar-refractivity contribution is 5.51. The first kappa shape index (κ1) is 9.72. The molecule has 0 saturated heterocycles. The van der Waals surface area contributed by atoms with Crippen LogP contribution in [0.1, 0.15) is 38.5 Å². The van der Waals surface area contributed by atoms with Crippen LogP contribution < -0.4 is 0 Å². The molecule has 0 spiro atoms. The van der Waals surface area contributed by atoms with Gasteiger partial charge in [-0.3, -0.25) is 4.90 Å². The third-order valence-corrected chi connectivity index (χ3v) is 2.81. The van der Waals surface area contributed by atoms with Gasteiger partial charge >= 0.3 is 0 Å². The normalized spacial score (nSPS) is 20.8. The minimum absolute atomic E-state index is 0.602. The lowest BCUT2D eigenvalue weighted by Gasteiger charge is -2.24. The van der Waals surface area contributed by atoms with Crippen molar-refractivity contribution in [3.63, 3.8) is 0 Å². The van der Waals surface area contributed by atoms with Gasteiger partial charge in [-0.2, -0.15) is 0 Å². The van der Waals surface area contributed by atoms with Gasteiger partial charge in [0.15, 0.2) is 0 Å². The number of carbonyl (C=O) groups excluding carboxylic acids is 1. The highest BCUT2D eigenvalue weighted by atomic mass is 16.1. The molecule has 0 N–H and O–H groups in total. The lowest BCUT2D eigenvalue weighted by atomic mass is 10.1. The molecule has 2 nitrogen and oxygen atoms in total. The van der Waals surface area contributed by atoms with Gasteiger partial charge in [0.25, 0.3) is 0 Å². The van der Waals surface area contributed by atoms with E-state index in [1.165, 1.54) is 38.5 Å². The molecule has 1 fully saturated rings. The zero-order valence-electron chi connectivity index (χ0n) is 7.96.